The summed E-state index contributed by atoms with van der Waals surface area (Å²) >= 11 is 9.21. The molecule has 1 fully saturated rings. The molecule has 0 aliphatic heterocycles. The Kier molecular flexibility index (Phi) is 2.85. The number of halogens is 3. The Hall–Kier alpha value is -0.0800. The fraction of sp³-hybridized carbons (Fsp3) is 0.455. The van der Waals surface area contributed by atoms with Crippen molar-refractivity contribution in [2.24, 2.45) is 5.41 Å². The van der Waals surface area contributed by atoms with Gasteiger partial charge in [0.2, 0.25) is 0 Å². The smallest absolute Gasteiger partial charge is 0.126 e. The summed E-state index contributed by atoms with van der Waals surface area (Å²) < 4.78 is 14.3. The molecule has 0 N–H and O–H groups in total. The van der Waals surface area contributed by atoms with Crippen molar-refractivity contribution in [2.75, 3.05) is 5.88 Å². The van der Waals surface area contributed by atoms with Gasteiger partial charge in [-0.05, 0) is 48.4 Å². The van der Waals surface area contributed by atoms with Gasteiger partial charge in [0.05, 0.1) is 0 Å². The molecule has 2 rings (SSSR count). The third kappa shape index (κ3) is 2.12. The second kappa shape index (κ2) is 3.82. The van der Waals surface area contributed by atoms with Gasteiger partial charge in [0.25, 0.3) is 0 Å². The predicted molar refractivity (Wildman–Crippen MR) is 60.2 cm³/mol. The zero-order valence-electron chi connectivity index (χ0n) is 7.69. The van der Waals surface area contributed by atoms with Crippen molar-refractivity contribution in [1.29, 1.82) is 0 Å². The fourth-order valence-corrected chi connectivity index (χ4v) is 2.39. The van der Waals surface area contributed by atoms with Crippen LogP contribution in [0.15, 0.2) is 22.7 Å². The first-order valence-corrected chi connectivity index (χ1v) is 5.98. The molecular weight excluding hydrogens is 266 g/mol. The molecule has 76 valence electrons. The lowest BCUT2D eigenvalue weighted by Gasteiger charge is -2.11. The van der Waals surface area contributed by atoms with Gasteiger partial charge in [0.15, 0.2) is 0 Å². The van der Waals surface area contributed by atoms with Gasteiger partial charge in [0, 0.05) is 10.4 Å². The second-order valence-electron chi connectivity index (χ2n) is 4.05. The summed E-state index contributed by atoms with van der Waals surface area (Å²) in [5.41, 5.74) is 0.959. The Morgan fingerprint density at radius 3 is 2.71 bits per heavy atom. The van der Waals surface area contributed by atoms with Crippen LogP contribution in [-0.4, -0.2) is 5.88 Å². The number of alkyl halides is 1. The normalized spacial score (nSPS) is 18.2. The van der Waals surface area contributed by atoms with E-state index in [4.69, 9.17) is 11.6 Å². The van der Waals surface area contributed by atoms with Crippen molar-refractivity contribution < 1.29 is 4.39 Å². The molecule has 0 radical (unpaired) electrons. The Balaban J connectivity index is 2.20. The van der Waals surface area contributed by atoms with E-state index in [1.165, 1.54) is 6.07 Å². The first-order chi connectivity index (χ1) is 6.65. The summed E-state index contributed by atoms with van der Waals surface area (Å²) in [6, 6.07) is 5.07. The van der Waals surface area contributed by atoms with Gasteiger partial charge in [0.1, 0.15) is 5.82 Å². The lowest BCUT2D eigenvalue weighted by Crippen LogP contribution is -2.08. The minimum atomic E-state index is -0.121. The molecule has 0 unspecified atom stereocenters. The van der Waals surface area contributed by atoms with Crippen molar-refractivity contribution in [3.05, 3.63) is 34.1 Å². The lowest BCUT2D eigenvalue weighted by atomic mass is 9.98. The predicted octanol–water partition coefficient (Wildman–Crippen LogP) is 4.15. The van der Waals surface area contributed by atoms with E-state index >= 15 is 0 Å². The van der Waals surface area contributed by atoms with Crippen molar-refractivity contribution in [1.82, 2.24) is 0 Å². The number of rotatable bonds is 3. The van der Waals surface area contributed by atoms with E-state index in [0.29, 0.717) is 5.88 Å². The summed E-state index contributed by atoms with van der Waals surface area (Å²) in [5.74, 6) is 0.517. The first kappa shape index (κ1) is 10.4. The summed E-state index contributed by atoms with van der Waals surface area (Å²) in [6.07, 6.45) is 3.02. The first-order valence-electron chi connectivity index (χ1n) is 4.65. The highest BCUT2D eigenvalue weighted by Gasteiger charge is 2.42. The second-order valence-corrected chi connectivity index (χ2v) is 5.23. The van der Waals surface area contributed by atoms with Crippen LogP contribution >= 0.6 is 27.5 Å². The van der Waals surface area contributed by atoms with Crippen molar-refractivity contribution in [2.45, 2.75) is 19.3 Å². The molecule has 1 aliphatic carbocycles. The van der Waals surface area contributed by atoms with Gasteiger partial charge in [-0.3, -0.25) is 0 Å². The molecule has 0 amide bonds. The Morgan fingerprint density at radius 2 is 2.14 bits per heavy atom. The van der Waals surface area contributed by atoms with E-state index in [1.54, 1.807) is 6.07 Å². The SMILES string of the molecule is Fc1ccc(Br)cc1CC1(CCl)CC1. The third-order valence-corrected chi connectivity index (χ3v) is 3.87. The van der Waals surface area contributed by atoms with Crippen LogP contribution in [0.2, 0.25) is 0 Å². The van der Waals surface area contributed by atoms with E-state index in [-0.39, 0.29) is 11.2 Å². The zero-order valence-corrected chi connectivity index (χ0v) is 10.0. The number of hydrogen-bond donors (Lipinski definition) is 0. The van der Waals surface area contributed by atoms with Crippen LogP contribution in [0.1, 0.15) is 18.4 Å². The Bertz CT molecular complexity index is 347. The Labute approximate surface area is 96.6 Å². The molecule has 0 heterocycles. The van der Waals surface area contributed by atoms with E-state index in [2.05, 4.69) is 15.9 Å². The van der Waals surface area contributed by atoms with Gasteiger partial charge in [-0.2, -0.15) is 0 Å². The van der Waals surface area contributed by atoms with E-state index in [1.807, 2.05) is 6.07 Å². The van der Waals surface area contributed by atoms with E-state index in [0.717, 1.165) is 29.3 Å². The van der Waals surface area contributed by atoms with Crippen LogP contribution in [0.4, 0.5) is 4.39 Å². The molecule has 0 saturated heterocycles. The van der Waals surface area contributed by atoms with Crippen LogP contribution < -0.4 is 0 Å². The zero-order chi connectivity index (χ0) is 10.2. The molecule has 0 atom stereocenters. The molecule has 3 heteroatoms. The van der Waals surface area contributed by atoms with E-state index < -0.39 is 0 Å². The molecule has 1 aliphatic rings. The quantitative estimate of drug-likeness (QED) is 0.728. The summed E-state index contributed by atoms with van der Waals surface area (Å²) in [6.45, 7) is 0. The largest absolute Gasteiger partial charge is 0.207 e. The third-order valence-electron chi connectivity index (χ3n) is 2.81. The summed E-state index contributed by atoms with van der Waals surface area (Å²) in [4.78, 5) is 0. The number of hydrogen-bond acceptors (Lipinski definition) is 0. The van der Waals surface area contributed by atoms with Gasteiger partial charge in [-0.1, -0.05) is 15.9 Å². The maximum absolute atomic E-state index is 13.4. The van der Waals surface area contributed by atoms with Crippen LogP contribution in [0.5, 0.6) is 0 Å². The molecule has 1 saturated carbocycles. The van der Waals surface area contributed by atoms with Crippen molar-refractivity contribution >= 4 is 27.5 Å². The Morgan fingerprint density at radius 1 is 1.43 bits per heavy atom. The maximum atomic E-state index is 13.4. The van der Waals surface area contributed by atoms with Gasteiger partial charge < -0.3 is 0 Å². The minimum absolute atomic E-state index is 0.121. The maximum Gasteiger partial charge on any atom is 0.126 e. The minimum Gasteiger partial charge on any atom is -0.207 e. The van der Waals surface area contributed by atoms with Crippen LogP contribution in [0.25, 0.3) is 0 Å². The highest BCUT2D eigenvalue weighted by atomic mass is 79.9. The van der Waals surface area contributed by atoms with Crippen LogP contribution in [0.3, 0.4) is 0 Å². The van der Waals surface area contributed by atoms with Crippen LogP contribution in [-0.2, 0) is 6.42 Å². The van der Waals surface area contributed by atoms with E-state index in [9.17, 15) is 4.39 Å². The van der Waals surface area contributed by atoms with Gasteiger partial charge in [-0.15, -0.1) is 11.6 Å². The van der Waals surface area contributed by atoms with Crippen molar-refractivity contribution in [3.8, 4) is 0 Å². The average molecular weight is 278 g/mol. The fourth-order valence-electron chi connectivity index (χ4n) is 1.62. The highest BCUT2D eigenvalue weighted by molar-refractivity contribution is 9.10. The monoisotopic (exact) mass is 276 g/mol. The summed E-state index contributed by atoms with van der Waals surface area (Å²) in [7, 11) is 0. The molecule has 0 aromatic heterocycles. The molecule has 0 bridgehead atoms. The lowest BCUT2D eigenvalue weighted by molar-refractivity contribution is 0.539. The van der Waals surface area contributed by atoms with Gasteiger partial charge in [-0.25, -0.2) is 4.39 Å². The molecule has 1 aromatic rings. The molecule has 1 aromatic carbocycles. The highest BCUT2D eigenvalue weighted by Crippen LogP contribution is 2.49. The summed E-state index contributed by atoms with van der Waals surface area (Å²) in [5, 5.41) is 0. The van der Waals surface area contributed by atoms with Crippen LogP contribution in [0, 0.1) is 11.2 Å². The molecular formula is C11H11BrClF. The van der Waals surface area contributed by atoms with Gasteiger partial charge >= 0.3 is 0 Å². The molecule has 0 nitrogen and oxygen atoms in total. The topological polar surface area (TPSA) is 0 Å². The van der Waals surface area contributed by atoms with Crippen molar-refractivity contribution in [3.63, 3.8) is 0 Å². The average Bonchev–Trinajstić information content (AvgIpc) is 2.92. The number of benzene rings is 1. The molecule has 14 heavy (non-hydrogen) atoms. The molecule has 0 spiro atoms. The standard InChI is InChI=1S/C11H11BrClF/c12-9-1-2-10(14)8(5-9)6-11(7-13)3-4-11/h1-2,5H,3-4,6-7H2.